The minimum Gasteiger partial charge on any atom is -0.135 e. The van der Waals surface area contributed by atoms with Crippen LogP contribution in [0.15, 0.2) is 182 Å². The number of rotatable bonds is 3. The highest BCUT2D eigenvalue weighted by molar-refractivity contribution is 7.29. The van der Waals surface area contributed by atoms with Crippen LogP contribution >= 0.6 is 22.7 Å². The van der Waals surface area contributed by atoms with E-state index in [4.69, 9.17) is 0 Å². The molecule has 0 saturated carbocycles. The third-order valence-electron chi connectivity index (χ3n) is 11.4. The summed E-state index contributed by atoms with van der Waals surface area (Å²) in [4.78, 5) is 0. The summed E-state index contributed by atoms with van der Waals surface area (Å²) in [5.74, 6) is 0. The molecule has 0 N–H and O–H groups in total. The topological polar surface area (TPSA) is 0 Å². The molecule has 0 fully saturated rings. The van der Waals surface area contributed by atoms with Gasteiger partial charge in [0.2, 0.25) is 0 Å². The lowest BCUT2D eigenvalue weighted by Crippen LogP contribution is -1.91. The average Bonchev–Trinajstić information content (AvgIpc) is 3.80. The summed E-state index contributed by atoms with van der Waals surface area (Å²) in [6.07, 6.45) is 0. The van der Waals surface area contributed by atoms with Crippen molar-refractivity contribution in [2.75, 3.05) is 0 Å². The van der Waals surface area contributed by atoms with Crippen LogP contribution in [0.1, 0.15) is 0 Å². The van der Waals surface area contributed by atoms with Gasteiger partial charge in [0, 0.05) is 40.3 Å². The van der Waals surface area contributed by atoms with Gasteiger partial charge in [-0.25, -0.2) is 0 Å². The lowest BCUT2D eigenvalue weighted by molar-refractivity contribution is 1.67. The molecule has 54 heavy (non-hydrogen) atoms. The van der Waals surface area contributed by atoms with E-state index in [9.17, 15) is 0 Å². The Labute approximate surface area is 319 Å². The highest BCUT2D eigenvalue weighted by Gasteiger charge is 2.19. The van der Waals surface area contributed by atoms with Crippen LogP contribution in [-0.4, -0.2) is 0 Å². The summed E-state index contributed by atoms with van der Waals surface area (Å²) in [5.41, 5.74) is 7.61. The monoisotopic (exact) mass is 718 g/mol. The predicted octanol–water partition coefficient (Wildman–Crippen LogP) is 16.0. The zero-order chi connectivity index (χ0) is 35.3. The Hall–Kier alpha value is -6.32. The Balaban J connectivity index is 1.01. The van der Waals surface area contributed by atoms with E-state index < -0.39 is 0 Å². The smallest absolute Gasteiger partial charge is 0.0448 e. The first-order valence-electron chi connectivity index (χ1n) is 18.5. The predicted molar refractivity (Wildman–Crippen MR) is 239 cm³/mol. The molecule has 0 aliphatic carbocycles. The molecule has 2 heteroatoms. The minimum absolute atomic E-state index is 1.24. The van der Waals surface area contributed by atoms with Gasteiger partial charge in [-0.15, -0.1) is 22.7 Å². The Morgan fingerprint density at radius 3 is 1.61 bits per heavy atom. The molecular weight excluding hydrogens is 689 g/mol. The van der Waals surface area contributed by atoms with E-state index in [1.165, 1.54) is 117 Å². The summed E-state index contributed by atoms with van der Waals surface area (Å²) >= 11 is 3.82. The average molecular weight is 719 g/mol. The minimum atomic E-state index is 1.24. The first kappa shape index (κ1) is 30.2. The highest BCUT2D eigenvalue weighted by atomic mass is 32.1. The van der Waals surface area contributed by atoms with Crippen molar-refractivity contribution >= 4 is 106 Å². The van der Waals surface area contributed by atoms with Gasteiger partial charge in [-0.3, -0.25) is 0 Å². The van der Waals surface area contributed by atoms with Gasteiger partial charge < -0.3 is 0 Å². The van der Waals surface area contributed by atoms with Crippen LogP contribution in [0.2, 0.25) is 0 Å². The standard InChI is InChI=1S/C52H30S2/c1-2-12-37-31(10-1)11-9-18-39(37)50-42-16-5-3-14-40(42)49(41-15-4-6-17-43(41)50)36-23-22-32-28-33(20-21-34(32)29-36)35-24-26-47-45(30-35)51-48(53-47)27-25-44-38-13-7-8-19-46(38)54-52(44)51/h1-30H. The zero-order valence-corrected chi connectivity index (χ0v) is 30.8. The van der Waals surface area contributed by atoms with Crippen LogP contribution in [0.25, 0.3) is 117 Å². The van der Waals surface area contributed by atoms with Gasteiger partial charge in [-0.2, -0.15) is 0 Å². The van der Waals surface area contributed by atoms with Crippen molar-refractivity contribution in [3.05, 3.63) is 182 Å². The quantitative estimate of drug-likeness (QED) is 0.160. The third kappa shape index (κ3) is 4.42. The Morgan fingerprint density at radius 2 is 0.833 bits per heavy atom. The molecule has 0 radical (unpaired) electrons. The lowest BCUT2D eigenvalue weighted by Gasteiger charge is -2.19. The van der Waals surface area contributed by atoms with Crippen molar-refractivity contribution in [3.63, 3.8) is 0 Å². The van der Waals surface area contributed by atoms with Gasteiger partial charge in [0.05, 0.1) is 0 Å². The maximum absolute atomic E-state index is 2.42. The van der Waals surface area contributed by atoms with Gasteiger partial charge in [0.25, 0.3) is 0 Å². The molecule has 0 amide bonds. The van der Waals surface area contributed by atoms with E-state index in [0.717, 1.165) is 0 Å². The Morgan fingerprint density at radius 1 is 0.278 bits per heavy atom. The molecule has 0 spiro atoms. The zero-order valence-electron chi connectivity index (χ0n) is 29.1. The number of fused-ring (bicyclic) bond motifs is 11. The second-order valence-corrected chi connectivity index (χ2v) is 16.5. The normalized spacial score (nSPS) is 12.1. The third-order valence-corrected chi connectivity index (χ3v) is 13.8. The van der Waals surface area contributed by atoms with E-state index in [1.807, 2.05) is 22.7 Å². The van der Waals surface area contributed by atoms with Crippen molar-refractivity contribution in [3.8, 4) is 33.4 Å². The maximum atomic E-state index is 2.42. The molecule has 2 aromatic heterocycles. The molecule has 0 unspecified atom stereocenters. The largest absolute Gasteiger partial charge is 0.135 e. The van der Waals surface area contributed by atoms with Gasteiger partial charge in [-0.1, -0.05) is 146 Å². The second kappa shape index (κ2) is 11.6. The summed E-state index contributed by atoms with van der Waals surface area (Å²) in [7, 11) is 0. The van der Waals surface area contributed by atoms with Crippen LogP contribution in [0, 0.1) is 0 Å². The highest BCUT2D eigenvalue weighted by Crippen LogP contribution is 2.47. The van der Waals surface area contributed by atoms with Crippen LogP contribution in [0.4, 0.5) is 0 Å². The van der Waals surface area contributed by atoms with Gasteiger partial charge in [0.15, 0.2) is 0 Å². The first-order chi connectivity index (χ1) is 26.8. The SMILES string of the molecule is c1ccc2c(-c3c4ccccc4c(-c4ccc5cc(-c6ccc7sc8ccc9c%10ccccc%10sc9c8c7c6)ccc5c4)c4ccccc34)cccc2c1. The first-order valence-corrected chi connectivity index (χ1v) is 20.1. The fourth-order valence-corrected chi connectivity index (χ4v) is 11.4. The fourth-order valence-electron chi connectivity index (χ4n) is 8.98. The van der Waals surface area contributed by atoms with Gasteiger partial charge >= 0.3 is 0 Å². The molecule has 250 valence electrons. The van der Waals surface area contributed by atoms with Crippen LogP contribution < -0.4 is 0 Å². The number of hydrogen-bond acceptors (Lipinski definition) is 2. The van der Waals surface area contributed by atoms with Crippen LogP contribution in [-0.2, 0) is 0 Å². The van der Waals surface area contributed by atoms with E-state index in [-0.39, 0.29) is 0 Å². The fraction of sp³-hybridized carbons (Fsp3) is 0. The molecule has 0 nitrogen and oxygen atoms in total. The summed E-state index contributed by atoms with van der Waals surface area (Å²) < 4.78 is 5.45. The molecule has 0 aliphatic heterocycles. The summed E-state index contributed by atoms with van der Waals surface area (Å²) in [6, 6.07) is 67.8. The molecule has 12 aromatic rings. The Bertz CT molecular complexity index is 3440. The lowest BCUT2D eigenvalue weighted by atomic mass is 9.84. The number of hydrogen-bond donors (Lipinski definition) is 0. The maximum Gasteiger partial charge on any atom is 0.0448 e. The summed E-state index contributed by atoms with van der Waals surface area (Å²) in [5, 5.41) is 15.6. The van der Waals surface area contributed by atoms with Crippen molar-refractivity contribution in [1.29, 1.82) is 0 Å². The molecule has 0 bridgehead atoms. The van der Waals surface area contributed by atoms with E-state index in [1.54, 1.807) is 0 Å². The number of thiophene rings is 2. The Kier molecular flexibility index (Phi) is 6.48. The van der Waals surface area contributed by atoms with E-state index in [2.05, 4.69) is 182 Å². The van der Waals surface area contributed by atoms with Gasteiger partial charge in [-0.05, 0) is 113 Å². The van der Waals surface area contributed by atoms with Crippen molar-refractivity contribution in [2.24, 2.45) is 0 Å². The molecular formula is C52H30S2. The van der Waals surface area contributed by atoms with Crippen LogP contribution in [0.3, 0.4) is 0 Å². The molecule has 0 saturated heterocycles. The van der Waals surface area contributed by atoms with Crippen molar-refractivity contribution in [2.45, 2.75) is 0 Å². The molecule has 12 rings (SSSR count). The van der Waals surface area contributed by atoms with Crippen molar-refractivity contribution in [1.82, 2.24) is 0 Å². The second-order valence-electron chi connectivity index (χ2n) is 14.4. The van der Waals surface area contributed by atoms with Gasteiger partial charge in [0.1, 0.15) is 0 Å². The molecule has 0 aliphatic rings. The summed E-state index contributed by atoms with van der Waals surface area (Å²) in [6.45, 7) is 0. The van der Waals surface area contributed by atoms with Crippen LogP contribution in [0.5, 0.6) is 0 Å². The van der Waals surface area contributed by atoms with E-state index >= 15 is 0 Å². The molecule has 0 atom stereocenters. The number of benzene rings is 10. The molecule has 2 heterocycles. The van der Waals surface area contributed by atoms with Crippen molar-refractivity contribution < 1.29 is 0 Å². The van der Waals surface area contributed by atoms with E-state index in [0.29, 0.717) is 0 Å². The molecule has 10 aromatic carbocycles.